The highest BCUT2D eigenvalue weighted by Crippen LogP contribution is 2.35. The first kappa shape index (κ1) is 22.4. The van der Waals surface area contributed by atoms with Gasteiger partial charge in [0.05, 0.1) is 17.9 Å². The summed E-state index contributed by atoms with van der Waals surface area (Å²) in [7, 11) is 1.50. The number of benzene rings is 2. The topological polar surface area (TPSA) is 94.2 Å². The van der Waals surface area contributed by atoms with Gasteiger partial charge in [0.2, 0.25) is 0 Å². The fraction of sp³-hybridized carbons (Fsp3) is 0.200. The molecule has 0 atom stereocenters. The lowest BCUT2D eigenvalue weighted by Crippen LogP contribution is -2.31. The fourth-order valence-electron chi connectivity index (χ4n) is 2.78. The molecule has 1 aromatic heterocycles. The summed E-state index contributed by atoms with van der Waals surface area (Å²) in [5.41, 5.74) is 6.86. The molecule has 0 saturated carbocycles. The third-order valence-electron chi connectivity index (χ3n) is 4.31. The van der Waals surface area contributed by atoms with Gasteiger partial charge in [-0.15, -0.1) is 0 Å². The molecule has 0 aliphatic rings. The average molecular weight is 454 g/mol. The van der Waals surface area contributed by atoms with Crippen LogP contribution in [0.5, 0.6) is 0 Å². The Morgan fingerprint density at radius 3 is 2.39 bits per heavy atom. The van der Waals surface area contributed by atoms with Crippen molar-refractivity contribution in [2.45, 2.75) is 6.18 Å². The highest BCUT2D eigenvalue weighted by Gasteiger charge is 2.30. The highest BCUT2D eigenvalue weighted by molar-refractivity contribution is 6.30. The minimum atomic E-state index is -4.46. The van der Waals surface area contributed by atoms with E-state index in [1.54, 1.807) is 24.3 Å². The van der Waals surface area contributed by atoms with Gasteiger partial charge in [-0.1, -0.05) is 23.7 Å². The van der Waals surface area contributed by atoms with Crippen LogP contribution in [0.4, 0.5) is 29.5 Å². The van der Waals surface area contributed by atoms with E-state index < -0.39 is 17.8 Å². The summed E-state index contributed by atoms with van der Waals surface area (Å²) in [5, 5.41) is 10.2. The molecule has 2 amide bonds. The zero-order valence-electron chi connectivity index (χ0n) is 16.3. The van der Waals surface area contributed by atoms with Crippen molar-refractivity contribution in [1.82, 2.24) is 15.1 Å². The molecule has 2 aromatic carbocycles. The summed E-state index contributed by atoms with van der Waals surface area (Å²) >= 11 is 5.94. The lowest BCUT2D eigenvalue weighted by Gasteiger charge is -2.10. The maximum Gasteiger partial charge on any atom is 0.416 e. The largest absolute Gasteiger partial charge is 0.416 e. The van der Waals surface area contributed by atoms with Crippen LogP contribution in [0.15, 0.2) is 48.5 Å². The van der Waals surface area contributed by atoms with E-state index in [1.807, 2.05) is 0 Å². The second-order valence-corrected chi connectivity index (χ2v) is 6.88. The number of nitrogens with two attached hydrogens (primary N) is 1. The predicted molar refractivity (Wildman–Crippen MR) is 112 cm³/mol. The van der Waals surface area contributed by atoms with Crippen LogP contribution >= 0.6 is 11.6 Å². The smallest absolute Gasteiger partial charge is 0.383 e. The highest BCUT2D eigenvalue weighted by atomic mass is 35.5. The first-order valence-corrected chi connectivity index (χ1v) is 9.44. The van der Waals surface area contributed by atoms with Gasteiger partial charge in [0.15, 0.2) is 5.82 Å². The number of rotatable bonds is 6. The number of nitrogens with zero attached hydrogens (tertiary/aromatic N) is 2. The fourth-order valence-corrected chi connectivity index (χ4v) is 2.90. The number of methoxy groups -OCH3 is 1. The third kappa shape index (κ3) is 5.28. The lowest BCUT2D eigenvalue weighted by atomic mass is 10.1. The number of nitrogens with one attached hydrogen (secondary N) is 2. The Bertz CT molecular complexity index is 1050. The number of hydrogen-bond donors (Lipinski definition) is 3. The number of aromatic nitrogens is 2. The van der Waals surface area contributed by atoms with E-state index >= 15 is 0 Å². The average Bonchev–Trinajstić information content (AvgIpc) is 3.04. The lowest BCUT2D eigenvalue weighted by molar-refractivity contribution is -0.137. The molecule has 3 aromatic rings. The summed E-state index contributed by atoms with van der Waals surface area (Å²) in [6.45, 7) is 0.587. The molecule has 0 aliphatic carbocycles. The molecule has 31 heavy (non-hydrogen) atoms. The quantitative estimate of drug-likeness (QED) is 0.477. The van der Waals surface area contributed by atoms with Gasteiger partial charge in [-0.2, -0.15) is 18.3 Å². The number of carbonyl (C=O) groups is 1. The van der Waals surface area contributed by atoms with Gasteiger partial charge in [-0.3, -0.25) is 0 Å². The van der Waals surface area contributed by atoms with Crippen LogP contribution < -0.4 is 16.4 Å². The van der Waals surface area contributed by atoms with Crippen LogP contribution in [0.25, 0.3) is 16.9 Å². The number of anilines is 2. The van der Waals surface area contributed by atoms with Crippen molar-refractivity contribution < 1.29 is 22.7 Å². The Hall–Kier alpha value is -3.24. The summed E-state index contributed by atoms with van der Waals surface area (Å²) in [5.74, 6) is 0.0478. The Kier molecular flexibility index (Phi) is 6.71. The maximum absolute atomic E-state index is 12.9. The van der Waals surface area contributed by atoms with E-state index in [9.17, 15) is 18.0 Å². The summed E-state index contributed by atoms with van der Waals surface area (Å²) in [4.78, 5) is 12.3. The molecule has 7 nitrogen and oxygen atoms in total. The molecule has 0 aliphatic heterocycles. The van der Waals surface area contributed by atoms with Gasteiger partial charge in [-0.05, 0) is 36.4 Å². The van der Waals surface area contributed by atoms with E-state index in [4.69, 9.17) is 22.1 Å². The standard InChI is InChI=1S/C20H19ClF3N5O2/c1-31-11-10-26-19(30)27-17-16(12-2-6-14(21)7-3-12)28-29(18(17)25)15-8-4-13(5-9-15)20(22,23)24/h2-9H,10-11,25H2,1H3,(H2,26,27,30). The number of halogens is 4. The van der Waals surface area contributed by atoms with Crippen LogP contribution in [0.1, 0.15) is 5.56 Å². The second kappa shape index (κ2) is 9.27. The van der Waals surface area contributed by atoms with Crippen molar-refractivity contribution in [1.29, 1.82) is 0 Å². The third-order valence-corrected chi connectivity index (χ3v) is 4.56. The molecular formula is C20H19ClF3N5O2. The van der Waals surface area contributed by atoms with E-state index in [1.165, 1.54) is 23.9 Å². The van der Waals surface area contributed by atoms with E-state index in [-0.39, 0.29) is 18.1 Å². The molecule has 164 valence electrons. The van der Waals surface area contributed by atoms with Crippen molar-refractivity contribution in [2.75, 3.05) is 31.3 Å². The Morgan fingerprint density at radius 2 is 1.81 bits per heavy atom. The molecule has 0 saturated heterocycles. The zero-order valence-corrected chi connectivity index (χ0v) is 17.1. The number of ether oxygens (including phenoxy) is 1. The number of nitrogen functional groups attached to an aromatic ring is 1. The number of hydrogen-bond acceptors (Lipinski definition) is 4. The molecule has 0 fully saturated rings. The monoisotopic (exact) mass is 453 g/mol. The minimum absolute atomic E-state index is 0.0478. The van der Waals surface area contributed by atoms with Crippen molar-refractivity contribution in [3.63, 3.8) is 0 Å². The van der Waals surface area contributed by atoms with Crippen molar-refractivity contribution in [2.24, 2.45) is 0 Å². The Labute approximate surface area is 180 Å². The maximum atomic E-state index is 12.9. The Morgan fingerprint density at radius 1 is 1.16 bits per heavy atom. The minimum Gasteiger partial charge on any atom is -0.383 e. The van der Waals surface area contributed by atoms with Gasteiger partial charge >= 0.3 is 12.2 Å². The number of carbonyl (C=O) groups excluding carboxylic acids is 1. The van der Waals surface area contributed by atoms with E-state index in [2.05, 4.69) is 15.7 Å². The van der Waals surface area contributed by atoms with Gasteiger partial charge in [-0.25, -0.2) is 9.48 Å². The molecule has 0 bridgehead atoms. The zero-order chi connectivity index (χ0) is 22.6. The van der Waals surface area contributed by atoms with Crippen LogP contribution in [0.3, 0.4) is 0 Å². The molecule has 1 heterocycles. The number of amides is 2. The van der Waals surface area contributed by atoms with Gasteiger partial charge in [0.1, 0.15) is 11.4 Å². The molecule has 0 radical (unpaired) electrons. The molecule has 4 N–H and O–H groups in total. The molecule has 0 unspecified atom stereocenters. The Balaban J connectivity index is 2.01. The molecule has 3 rings (SSSR count). The van der Waals surface area contributed by atoms with Crippen molar-refractivity contribution in [3.8, 4) is 16.9 Å². The van der Waals surface area contributed by atoms with Gasteiger partial charge in [0.25, 0.3) is 0 Å². The second-order valence-electron chi connectivity index (χ2n) is 6.45. The first-order valence-electron chi connectivity index (χ1n) is 9.06. The predicted octanol–water partition coefficient (Wildman–Crippen LogP) is 4.56. The summed E-state index contributed by atoms with van der Waals surface area (Å²) in [6.07, 6.45) is -4.46. The first-order chi connectivity index (χ1) is 14.7. The SMILES string of the molecule is COCCNC(=O)Nc1c(-c2ccc(Cl)cc2)nn(-c2ccc(C(F)(F)F)cc2)c1N. The van der Waals surface area contributed by atoms with Gasteiger partial charge in [0, 0.05) is 24.2 Å². The normalized spacial score (nSPS) is 11.4. The van der Waals surface area contributed by atoms with Crippen LogP contribution in [-0.4, -0.2) is 36.1 Å². The number of alkyl halides is 3. The van der Waals surface area contributed by atoms with Crippen molar-refractivity contribution in [3.05, 3.63) is 59.1 Å². The number of urea groups is 1. The van der Waals surface area contributed by atoms with E-state index in [0.717, 1.165) is 12.1 Å². The summed E-state index contributed by atoms with van der Waals surface area (Å²) in [6, 6.07) is 10.5. The van der Waals surface area contributed by atoms with Crippen molar-refractivity contribution >= 4 is 29.1 Å². The van der Waals surface area contributed by atoms with Crippen LogP contribution in [0, 0.1) is 0 Å². The molecule has 11 heteroatoms. The summed E-state index contributed by atoms with van der Waals surface area (Å²) < 4.78 is 44.8. The molecular weight excluding hydrogens is 435 g/mol. The molecule has 0 spiro atoms. The van der Waals surface area contributed by atoms with Crippen LogP contribution in [-0.2, 0) is 10.9 Å². The van der Waals surface area contributed by atoms with E-state index in [0.29, 0.717) is 28.6 Å². The van der Waals surface area contributed by atoms with Gasteiger partial charge < -0.3 is 21.1 Å². The van der Waals surface area contributed by atoms with Crippen LogP contribution in [0.2, 0.25) is 5.02 Å².